The van der Waals surface area contributed by atoms with Crippen LogP contribution in [0.25, 0.3) is 0 Å². The molecule has 2 aromatic carbocycles. The van der Waals surface area contributed by atoms with Gasteiger partial charge in [-0.15, -0.1) is 0 Å². The summed E-state index contributed by atoms with van der Waals surface area (Å²) in [5.74, 6) is -0.457. The zero-order chi connectivity index (χ0) is 19.4. The van der Waals surface area contributed by atoms with Crippen LogP contribution in [-0.2, 0) is 11.2 Å². The second-order valence-corrected chi connectivity index (χ2v) is 7.16. The zero-order valence-corrected chi connectivity index (χ0v) is 16.0. The first-order valence-corrected chi connectivity index (χ1v) is 9.39. The van der Waals surface area contributed by atoms with Gasteiger partial charge in [0.25, 0.3) is 0 Å². The lowest BCUT2D eigenvalue weighted by atomic mass is 10.1. The van der Waals surface area contributed by atoms with E-state index in [4.69, 9.17) is 11.6 Å². The number of benzene rings is 2. The molecule has 1 saturated heterocycles. The number of nitrogens with zero attached hydrogens (tertiary/aromatic N) is 2. The maximum Gasteiger partial charge on any atom is 0.223 e. The van der Waals surface area contributed by atoms with E-state index in [1.807, 2.05) is 34.1 Å². The molecular weight excluding hydrogens is 367 g/mol. The molecule has 1 amide bonds. The van der Waals surface area contributed by atoms with E-state index >= 15 is 0 Å². The zero-order valence-electron chi connectivity index (χ0n) is 15.3. The molecule has 0 spiro atoms. The van der Waals surface area contributed by atoms with Gasteiger partial charge in [0.2, 0.25) is 5.91 Å². The van der Waals surface area contributed by atoms with Crippen LogP contribution in [0.2, 0.25) is 5.02 Å². The van der Waals surface area contributed by atoms with Crippen molar-refractivity contribution in [3.8, 4) is 0 Å². The molecule has 1 heterocycles. The molecule has 0 aromatic heterocycles. The van der Waals surface area contributed by atoms with Crippen LogP contribution in [-0.4, -0.2) is 42.8 Å². The summed E-state index contributed by atoms with van der Waals surface area (Å²) in [7, 11) is 0. The summed E-state index contributed by atoms with van der Waals surface area (Å²) in [5.41, 5.74) is 1.89. The molecule has 1 fully saturated rings. The highest BCUT2D eigenvalue weighted by atomic mass is 35.5. The molecule has 0 saturated carbocycles. The monoisotopic (exact) mass is 388 g/mol. The number of piperazine rings is 1. The van der Waals surface area contributed by atoms with E-state index in [9.17, 15) is 14.0 Å². The summed E-state index contributed by atoms with van der Waals surface area (Å²) in [6.07, 6.45) is 1.09. The first-order valence-electron chi connectivity index (χ1n) is 9.01. The van der Waals surface area contributed by atoms with E-state index in [2.05, 4.69) is 0 Å². The van der Waals surface area contributed by atoms with Gasteiger partial charge in [-0.05, 0) is 49.2 Å². The Labute approximate surface area is 163 Å². The highest BCUT2D eigenvalue weighted by molar-refractivity contribution is 6.30. The van der Waals surface area contributed by atoms with Gasteiger partial charge < -0.3 is 9.80 Å². The Morgan fingerprint density at radius 3 is 2.44 bits per heavy atom. The van der Waals surface area contributed by atoms with Gasteiger partial charge in [0.05, 0.1) is 5.69 Å². The van der Waals surface area contributed by atoms with E-state index in [0.717, 1.165) is 5.56 Å². The van der Waals surface area contributed by atoms with Crippen LogP contribution in [0.4, 0.5) is 10.1 Å². The second kappa shape index (κ2) is 8.53. The number of halogens is 2. The van der Waals surface area contributed by atoms with Gasteiger partial charge in [0, 0.05) is 43.2 Å². The van der Waals surface area contributed by atoms with Crippen molar-refractivity contribution >= 4 is 29.0 Å². The van der Waals surface area contributed by atoms with Crippen molar-refractivity contribution in [2.24, 2.45) is 0 Å². The molecule has 0 unspecified atom stereocenters. The minimum atomic E-state index is -0.400. The Hall–Kier alpha value is -2.40. The van der Waals surface area contributed by atoms with Crippen LogP contribution in [0.5, 0.6) is 0 Å². The van der Waals surface area contributed by atoms with Gasteiger partial charge in [0.1, 0.15) is 5.82 Å². The van der Waals surface area contributed by atoms with Crippen LogP contribution in [0.15, 0.2) is 42.5 Å². The van der Waals surface area contributed by atoms with Crippen molar-refractivity contribution in [3.63, 3.8) is 0 Å². The topological polar surface area (TPSA) is 40.6 Å². The lowest BCUT2D eigenvalue weighted by Gasteiger charge is -2.36. The summed E-state index contributed by atoms with van der Waals surface area (Å²) in [6.45, 7) is 3.67. The average molecular weight is 389 g/mol. The molecule has 1 aliphatic rings. The van der Waals surface area contributed by atoms with E-state index in [0.29, 0.717) is 55.3 Å². The molecule has 6 heteroatoms. The maximum absolute atomic E-state index is 14.3. The maximum atomic E-state index is 14.3. The molecule has 0 atom stereocenters. The third-order valence-electron chi connectivity index (χ3n) is 4.84. The molecule has 0 bridgehead atoms. The minimum Gasteiger partial charge on any atom is -0.366 e. The number of ketones is 1. The first-order chi connectivity index (χ1) is 12.9. The number of hydrogen-bond acceptors (Lipinski definition) is 3. The highest BCUT2D eigenvalue weighted by Crippen LogP contribution is 2.22. The minimum absolute atomic E-state index is 0.0991. The normalized spacial score (nSPS) is 14.3. The molecule has 1 aliphatic heterocycles. The number of carbonyl (C=O) groups excluding carboxylic acids is 2. The number of aryl methyl sites for hydroxylation is 1. The number of amides is 1. The lowest BCUT2D eigenvalue weighted by molar-refractivity contribution is -0.131. The quantitative estimate of drug-likeness (QED) is 0.728. The van der Waals surface area contributed by atoms with Gasteiger partial charge in [-0.1, -0.05) is 23.7 Å². The summed E-state index contributed by atoms with van der Waals surface area (Å²) >= 11 is 5.97. The van der Waals surface area contributed by atoms with Crippen LogP contribution < -0.4 is 4.90 Å². The third kappa shape index (κ3) is 4.86. The Balaban J connectivity index is 1.54. The summed E-state index contributed by atoms with van der Waals surface area (Å²) in [6, 6.07) is 12.1. The lowest BCUT2D eigenvalue weighted by Crippen LogP contribution is -2.49. The Bertz CT molecular complexity index is 848. The van der Waals surface area contributed by atoms with E-state index < -0.39 is 5.82 Å². The molecule has 27 heavy (non-hydrogen) atoms. The molecule has 2 aromatic rings. The molecule has 4 nitrogen and oxygen atoms in total. The standard InChI is InChI=1S/C21H22ClFN2O2/c1-15(26)17-6-7-20(19(23)14-17)24-9-11-25(12-10-24)21(27)8-5-16-3-2-4-18(22)13-16/h2-4,6-7,13-14H,5,8-12H2,1H3. The van der Waals surface area contributed by atoms with E-state index in [-0.39, 0.29) is 11.7 Å². The van der Waals surface area contributed by atoms with Gasteiger partial charge in [-0.2, -0.15) is 0 Å². The van der Waals surface area contributed by atoms with Crippen LogP contribution in [0.3, 0.4) is 0 Å². The fourth-order valence-corrected chi connectivity index (χ4v) is 3.49. The Kier molecular flexibility index (Phi) is 6.11. The largest absolute Gasteiger partial charge is 0.366 e. The molecule has 3 rings (SSSR count). The molecule has 0 radical (unpaired) electrons. The third-order valence-corrected chi connectivity index (χ3v) is 5.08. The number of rotatable bonds is 5. The van der Waals surface area contributed by atoms with Crippen molar-refractivity contribution < 1.29 is 14.0 Å². The molecular formula is C21H22ClFN2O2. The van der Waals surface area contributed by atoms with Crippen LogP contribution >= 0.6 is 11.6 Å². The van der Waals surface area contributed by atoms with Crippen molar-refractivity contribution in [1.29, 1.82) is 0 Å². The number of hydrogen-bond donors (Lipinski definition) is 0. The fourth-order valence-electron chi connectivity index (χ4n) is 3.28. The summed E-state index contributed by atoms with van der Waals surface area (Å²) in [5, 5.41) is 0.673. The van der Waals surface area contributed by atoms with Crippen molar-refractivity contribution in [1.82, 2.24) is 4.90 Å². The highest BCUT2D eigenvalue weighted by Gasteiger charge is 2.23. The van der Waals surface area contributed by atoms with Gasteiger partial charge in [-0.25, -0.2) is 4.39 Å². The van der Waals surface area contributed by atoms with Gasteiger partial charge in [0.15, 0.2) is 5.78 Å². The van der Waals surface area contributed by atoms with Crippen LogP contribution in [0.1, 0.15) is 29.3 Å². The molecule has 0 N–H and O–H groups in total. The Morgan fingerprint density at radius 2 is 1.81 bits per heavy atom. The van der Waals surface area contributed by atoms with Gasteiger partial charge >= 0.3 is 0 Å². The van der Waals surface area contributed by atoms with Crippen molar-refractivity contribution in [2.45, 2.75) is 19.8 Å². The average Bonchev–Trinajstić information content (AvgIpc) is 2.66. The SMILES string of the molecule is CC(=O)c1ccc(N2CCN(C(=O)CCc3cccc(Cl)c3)CC2)c(F)c1. The summed E-state index contributed by atoms with van der Waals surface area (Å²) in [4.78, 5) is 27.5. The predicted molar refractivity (Wildman–Crippen MR) is 105 cm³/mol. The van der Waals surface area contributed by atoms with E-state index in [1.165, 1.54) is 13.0 Å². The summed E-state index contributed by atoms with van der Waals surface area (Å²) < 4.78 is 14.3. The van der Waals surface area contributed by atoms with Crippen LogP contribution in [0, 0.1) is 5.82 Å². The molecule has 0 aliphatic carbocycles. The predicted octanol–water partition coefficient (Wildman–Crippen LogP) is 3.96. The number of Topliss-reactive ketones (excluding diaryl/α,β-unsaturated/α-hetero) is 1. The first kappa shape index (κ1) is 19.4. The number of anilines is 1. The Morgan fingerprint density at radius 1 is 1.07 bits per heavy atom. The smallest absolute Gasteiger partial charge is 0.223 e. The fraction of sp³-hybridized carbons (Fsp3) is 0.333. The van der Waals surface area contributed by atoms with E-state index in [1.54, 1.807) is 12.1 Å². The van der Waals surface area contributed by atoms with Crippen molar-refractivity contribution in [2.75, 3.05) is 31.1 Å². The van der Waals surface area contributed by atoms with Crippen molar-refractivity contribution in [3.05, 3.63) is 64.4 Å². The molecule has 142 valence electrons. The second-order valence-electron chi connectivity index (χ2n) is 6.72. The number of carbonyl (C=O) groups is 2. The van der Waals surface area contributed by atoms with Gasteiger partial charge in [-0.3, -0.25) is 9.59 Å².